The lowest BCUT2D eigenvalue weighted by atomic mass is 10.6. The third-order valence-electron chi connectivity index (χ3n) is 0.956. The Morgan fingerprint density at radius 3 is 1.31 bits per heavy atom. The van der Waals surface area contributed by atoms with Crippen LogP contribution in [-0.2, 0) is 9.59 Å². The van der Waals surface area contributed by atoms with Crippen molar-refractivity contribution in [3.63, 3.8) is 0 Å². The van der Waals surface area contributed by atoms with E-state index in [0.29, 0.717) is 0 Å². The zero-order chi connectivity index (χ0) is 10.9. The lowest BCUT2D eigenvalue weighted by Crippen LogP contribution is -2.24. The molecule has 0 atom stereocenters. The van der Waals surface area contributed by atoms with Gasteiger partial charge in [-0.25, -0.2) is 0 Å². The Labute approximate surface area is 78.6 Å². The van der Waals surface area contributed by atoms with Crippen molar-refractivity contribution in [2.75, 3.05) is 14.1 Å². The highest BCUT2D eigenvalue weighted by molar-refractivity contribution is 5.92. The van der Waals surface area contributed by atoms with Crippen molar-refractivity contribution >= 4 is 11.8 Å². The molecule has 0 rings (SSSR count). The maximum absolute atomic E-state index is 9.92. The van der Waals surface area contributed by atoms with E-state index in [4.69, 9.17) is 0 Å². The predicted molar refractivity (Wildman–Crippen MR) is 51.8 cm³/mol. The van der Waals surface area contributed by atoms with Gasteiger partial charge < -0.3 is 10.6 Å². The standard InChI is InChI=1S/C4H10N2.C4H7NO2/c1-4(5-2)6-3;1-3(6)5-4(2)7/h5-6H,1H2,2-3H3;1-2H3,(H,5,6,7). The highest BCUT2D eigenvalue weighted by Gasteiger charge is 1.90. The molecule has 0 aliphatic heterocycles. The summed E-state index contributed by atoms with van der Waals surface area (Å²) in [5.74, 6) is 0.218. The molecule has 0 aliphatic carbocycles. The smallest absolute Gasteiger partial charge is 0.223 e. The van der Waals surface area contributed by atoms with Gasteiger partial charge in [0, 0.05) is 27.9 Å². The molecule has 0 fully saturated rings. The molecule has 0 spiro atoms. The molecule has 0 radical (unpaired) electrons. The Morgan fingerprint density at radius 2 is 1.31 bits per heavy atom. The monoisotopic (exact) mass is 187 g/mol. The van der Waals surface area contributed by atoms with Crippen molar-refractivity contribution in [3.05, 3.63) is 12.4 Å². The summed E-state index contributed by atoms with van der Waals surface area (Å²) in [7, 11) is 3.64. The zero-order valence-electron chi connectivity index (χ0n) is 8.52. The molecular weight excluding hydrogens is 170 g/mol. The van der Waals surface area contributed by atoms with Gasteiger partial charge in [-0.1, -0.05) is 6.58 Å². The quantitative estimate of drug-likeness (QED) is 0.548. The summed E-state index contributed by atoms with van der Waals surface area (Å²) in [6.45, 7) is 6.16. The number of carbonyl (C=O) groups excluding carboxylic acids is 2. The second kappa shape index (κ2) is 8.58. The summed E-state index contributed by atoms with van der Waals surface area (Å²) >= 11 is 0. The first-order valence-electron chi connectivity index (χ1n) is 3.76. The van der Waals surface area contributed by atoms with E-state index in [1.807, 2.05) is 19.4 Å². The van der Waals surface area contributed by atoms with E-state index in [-0.39, 0.29) is 11.8 Å². The van der Waals surface area contributed by atoms with Crippen molar-refractivity contribution < 1.29 is 9.59 Å². The number of hydrogen-bond donors (Lipinski definition) is 3. The van der Waals surface area contributed by atoms with Crippen LogP contribution >= 0.6 is 0 Å². The lowest BCUT2D eigenvalue weighted by molar-refractivity contribution is -0.127. The molecule has 0 bridgehead atoms. The molecular formula is C8H17N3O2. The molecule has 0 saturated heterocycles. The average molecular weight is 187 g/mol. The Balaban J connectivity index is 0. The third kappa shape index (κ3) is 17.9. The predicted octanol–water partition coefficient (Wildman–Crippen LogP) is -0.435. The fraction of sp³-hybridized carbons (Fsp3) is 0.500. The van der Waals surface area contributed by atoms with Crippen LogP contribution in [0.4, 0.5) is 0 Å². The molecule has 13 heavy (non-hydrogen) atoms. The number of rotatable bonds is 2. The fourth-order valence-corrected chi connectivity index (χ4v) is 0.373. The van der Waals surface area contributed by atoms with E-state index in [9.17, 15) is 9.59 Å². The highest BCUT2D eigenvalue weighted by atomic mass is 16.2. The van der Waals surface area contributed by atoms with Crippen molar-refractivity contribution in [1.82, 2.24) is 16.0 Å². The van der Waals surface area contributed by atoms with Crippen molar-refractivity contribution in [2.45, 2.75) is 13.8 Å². The van der Waals surface area contributed by atoms with E-state index >= 15 is 0 Å². The average Bonchev–Trinajstić information content (AvgIpc) is 2.01. The highest BCUT2D eigenvalue weighted by Crippen LogP contribution is 1.62. The van der Waals surface area contributed by atoms with Gasteiger partial charge in [0.1, 0.15) is 0 Å². The summed E-state index contributed by atoms with van der Waals surface area (Å²) < 4.78 is 0. The van der Waals surface area contributed by atoms with E-state index in [1.165, 1.54) is 13.8 Å². The summed E-state index contributed by atoms with van der Waals surface area (Å²) in [5.41, 5.74) is 0. The largest absolute Gasteiger partial charge is 0.375 e. The van der Waals surface area contributed by atoms with Crippen LogP contribution in [0.1, 0.15) is 13.8 Å². The molecule has 76 valence electrons. The Bertz CT molecular complexity index is 172. The number of amides is 2. The molecule has 3 N–H and O–H groups in total. The van der Waals surface area contributed by atoms with Gasteiger partial charge in [-0.15, -0.1) is 0 Å². The Kier molecular flexibility index (Phi) is 9.25. The van der Waals surface area contributed by atoms with Gasteiger partial charge >= 0.3 is 0 Å². The summed E-state index contributed by atoms with van der Waals surface area (Å²) in [6, 6.07) is 0. The molecule has 0 aliphatic rings. The van der Waals surface area contributed by atoms with Crippen LogP contribution in [0.3, 0.4) is 0 Å². The van der Waals surface area contributed by atoms with Gasteiger partial charge in [-0.2, -0.15) is 0 Å². The minimum atomic E-state index is -0.312. The molecule has 0 saturated carbocycles. The third-order valence-corrected chi connectivity index (χ3v) is 0.956. The van der Waals surface area contributed by atoms with Gasteiger partial charge in [0.25, 0.3) is 0 Å². The molecule has 5 heteroatoms. The number of imide groups is 1. The van der Waals surface area contributed by atoms with Gasteiger partial charge in [0.2, 0.25) is 11.8 Å². The SMILES string of the molecule is C=C(NC)NC.CC(=O)NC(C)=O. The maximum Gasteiger partial charge on any atom is 0.223 e. The topological polar surface area (TPSA) is 70.2 Å². The molecule has 5 nitrogen and oxygen atoms in total. The first-order chi connectivity index (χ1) is 5.93. The zero-order valence-corrected chi connectivity index (χ0v) is 8.52. The van der Waals surface area contributed by atoms with E-state index in [2.05, 4.69) is 17.2 Å². The maximum atomic E-state index is 9.92. The second-order valence-corrected chi connectivity index (χ2v) is 2.22. The number of hydrogen-bond acceptors (Lipinski definition) is 4. The second-order valence-electron chi connectivity index (χ2n) is 2.22. The summed E-state index contributed by atoms with van der Waals surface area (Å²) in [5, 5.41) is 7.65. The first kappa shape index (κ1) is 14.0. The van der Waals surface area contributed by atoms with E-state index in [1.54, 1.807) is 0 Å². The van der Waals surface area contributed by atoms with Crippen LogP contribution in [0.15, 0.2) is 12.4 Å². The van der Waals surface area contributed by atoms with Crippen LogP contribution in [0, 0.1) is 0 Å². The van der Waals surface area contributed by atoms with Crippen molar-refractivity contribution in [3.8, 4) is 0 Å². The number of carbonyl (C=O) groups is 2. The van der Waals surface area contributed by atoms with E-state index < -0.39 is 0 Å². The normalized spacial score (nSPS) is 7.38. The van der Waals surface area contributed by atoms with Crippen LogP contribution in [0.5, 0.6) is 0 Å². The number of nitrogens with one attached hydrogen (secondary N) is 3. The van der Waals surface area contributed by atoms with Crippen LogP contribution in [-0.4, -0.2) is 25.9 Å². The van der Waals surface area contributed by atoms with Gasteiger partial charge in [-0.05, 0) is 0 Å². The Morgan fingerprint density at radius 1 is 1.00 bits per heavy atom. The molecule has 0 unspecified atom stereocenters. The van der Waals surface area contributed by atoms with Crippen LogP contribution < -0.4 is 16.0 Å². The molecule has 0 heterocycles. The molecule has 0 aromatic rings. The van der Waals surface area contributed by atoms with Crippen molar-refractivity contribution in [2.24, 2.45) is 0 Å². The summed E-state index contributed by atoms with van der Waals surface area (Å²) in [4.78, 5) is 19.8. The van der Waals surface area contributed by atoms with Gasteiger partial charge in [0.15, 0.2) is 0 Å². The van der Waals surface area contributed by atoms with Crippen LogP contribution in [0.2, 0.25) is 0 Å². The first-order valence-corrected chi connectivity index (χ1v) is 3.76. The summed E-state index contributed by atoms with van der Waals surface area (Å²) in [6.07, 6.45) is 0. The minimum absolute atomic E-state index is 0.312. The Hall–Kier alpha value is -1.52. The molecule has 0 aromatic carbocycles. The van der Waals surface area contributed by atoms with Gasteiger partial charge in [-0.3, -0.25) is 14.9 Å². The lowest BCUT2D eigenvalue weighted by Gasteiger charge is -1.98. The van der Waals surface area contributed by atoms with Crippen molar-refractivity contribution in [1.29, 1.82) is 0 Å². The van der Waals surface area contributed by atoms with E-state index in [0.717, 1.165) is 5.82 Å². The molecule has 2 amide bonds. The van der Waals surface area contributed by atoms with Gasteiger partial charge in [0.05, 0.1) is 5.82 Å². The minimum Gasteiger partial charge on any atom is -0.375 e. The van der Waals surface area contributed by atoms with Crippen LogP contribution in [0.25, 0.3) is 0 Å². The molecule has 0 aromatic heterocycles. The fourth-order valence-electron chi connectivity index (χ4n) is 0.373.